The van der Waals surface area contributed by atoms with E-state index in [-0.39, 0.29) is 11.4 Å². The Hall–Kier alpha value is -1.63. The molecule has 4 N–H and O–H groups in total. The lowest BCUT2D eigenvalue weighted by Gasteiger charge is -2.31. The van der Waals surface area contributed by atoms with Gasteiger partial charge in [0.1, 0.15) is 0 Å². The minimum absolute atomic E-state index is 0.0456. The summed E-state index contributed by atoms with van der Waals surface area (Å²) in [4.78, 5) is 1.84. The SMILES string of the molecule is Nc1cc(C(F)(F)F)cc(N)c1N1CCOCC1. The van der Waals surface area contributed by atoms with Crippen LogP contribution in [0.5, 0.6) is 0 Å². The fourth-order valence-electron chi connectivity index (χ4n) is 2.00. The van der Waals surface area contributed by atoms with Crippen molar-refractivity contribution < 1.29 is 17.9 Å². The molecular weight excluding hydrogens is 247 g/mol. The number of hydrogen-bond acceptors (Lipinski definition) is 4. The maximum absolute atomic E-state index is 12.6. The molecule has 0 spiro atoms. The van der Waals surface area contributed by atoms with Gasteiger partial charge in [-0.25, -0.2) is 0 Å². The first kappa shape index (κ1) is 12.8. The summed E-state index contributed by atoms with van der Waals surface area (Å²) in [6, 6.07) is 1.84. The molecule has 1 fully saturated rings. The summed E-state index contributed by atoms with van der Waals surface area (Å²) >= 11 is 0. The van der Waals surface area contributed by atoms with Gasteiger partial charge in [-0.2, -0.15) is 13.2 Å². The van der Waals surface area contributed by atoms with Crippen molar-refractivity contribution in [3.63, 3.8) is 0 Å². The Morgan fingerprint density at radius 2 is 1.56 bits per heavy atom. The lowest BCUT2D eigenvalue weighted by atomic mass is 10.1. The third-order valence-electron chi connectivity index (χ3n) is 2.82. The minimum atomic E-state index is -4.44. The van der Waals surface area contributed by atoms with E-state index in [4.69, 9.17) is 16.2 Å². The van der Waals surface area contributed by atoms with Crippen LogP contribution >= 0.6 is 0 Å². The second kappa shape index (κ2) is 4.56. The zero-order chi connectivity index (χ0) is 13.3. The Balaban J connectivity index is 2.37. The van der Waals surface area contributed by atoms with E-state index >= 15 is 0 Å². The van der Waals surface area contributed by atoms with Gasteiger partial charge in [-0.05, 0) is 12.1 Å². The first-order valence-electron chi connectivity index (χ1n) is 5.48. The lowest BCUT2D eigenvalue weighted by Crippen LogP contribution is -2.37. The van der Waals surface area contributed by atoms with Gasteiger partial charge >= 0.3 is 6.18 Å². The van der Waals surface area contributed by atoms with Crippen LogP contribution in [0.4, 0.5) is 30.2 Å². The molecule has 0 amide bonds. The van der Waals surface area contributed by atoms with Crippen molar-refractivity contribution in [2.75, 3.05) is 42.7 Å². The summed E-state index contributed by atoms with van der Waals surface area (Å²) in [7, 11) is 0. The number of ether oxygens (including phenoxy) is 1. The molecule has 0 aliphatic carbocycles. The molecule has 7 heteroatoms. The zero-order valence-electron chi connectivity index (χ0n) is 9.63. The summed E-state index contributed by atoms with van der Waals surface area (Å²) in [5.41, 5.74) is 11.1. The van der Waals surface area contributed by atoms with Gasteiger partial charge in [0.2, 0.25) is 0 Å². The van der Waals surface area contributed by atoms with Crippen LogP contribution in [0.3, 0.4) is 0 Å². The van der Waals surface area contributed by atoms with Gasteiger partial charge in [0.25, 0.3) is 0 Å². The summed E-state index contributed by atoms with van der Waals surface area (Å²) in [5.74, 6) is 0. The summed E-state index contributed by atoms with van der Waals surface area (Å²) < 4.78 is 42.9. The average molecular weight is 261 g/mol. The normalized spacial score (nSPS) is 16.9. The van der Waals surface area contributed by atoms with Crippen LogP contribution in [0.1, 0.15) is 5.56 Å². The second-order valence-electron chi connectivity index (χ2n) is 4.10. The Morgan fingerprint density at radius 1 is 1.06 bits per heavy atom. The van der Waals surface area contributed by atoms with Crippen molar-refractivity contribution in [2.24, 2.45) is 0 Å². The number of anilines is 3. The molecular formula is C11H14F3N3O. The number of benzene rings is 1. The first-order chi connectivity index (χ1) is 8.39. The van der Waals surface area contributed by atoms with Crippen molar-refractivity contribution >= 4 is 17.1 Å². The number of morpholine rings is 1. The summed E-state index contributed by atoms with van der Waals surface area (Å²) in [5, 5.41) is 0. The van der Waals surface area contributed by atoms with Crippen LogP contribution in [-0.2, 0) is 10.9 Å². The van der Waals surface area contributed by atoms with E-state index in [1.807, 2.05) is 4.90 Å². The van der Waals surface area contributed by atoms with Gasteiger partial charge < -0.3 is 21.1 Å². The number of halogens is 3. The maximum Gasteiger partial charge on any atom is 0.416 e. The Labute approximate surface area is 102 Å². The topological polar surface area (TPSA) is 64.5 Å². The molecule has 0 saturated carbocycles. The van der Waals surface area contributed by atoms with Crippen molar-refractivity contribution in [3.05, 3.63) is 17.7 Å². The minimum Gasteiger partial charge on any atom is -0.397 e. The van der Waals surface area contributed by atoms with E-state index in [9.17, 15) is 13.2 Å². The van der Waals surface area contributed by atoms with Crippen LogP contribution in [0, 0.1) is 0 Å². The maximum atomic E-state index is 12.6. The molecule has 1 aliphatic heterocycles. The molecule has 4 nitrogen and oxygen atoms in total. The highest BCUT2D eigenvalue weighted by molar-refractivity contribution is 5.82. The van der Waals surface area contributed by atoms with E-state index in [0.29, 0.717) is 32.0 Å². The average Bonchev–Trinajstić information content (AvgIpc) is 2.28. The molecule has 0 atom stereocenters. The molecule has 100 valence electrons. The lowest BCUT2D eigenvalue weighted by molar-refractivity contribution is -0.137. The molecule has 1 aromatic rings. The van der Waals surface area contributed by atoms with Crippen LogP contribution in [0.15, 0.2) is 12.1 Å². The number of nitrogens with zero attached hydrogens (tertiary/aromatic N) is 1. The molecule has 1 aliphatic rings. The number of hydrogen-bond donors (Lipinski definition) is 2. The van der Waals surface area contributed by atoms with Gasteiger partial charge in [0.15, 0.2) is 0 Å². The van der Waals surface area contributed by atoms with E-state index in [1.54, 1.807) is 0 Å². The third-order valence-corrected chi connectivity index (χ3v) is 2.82. The zero-order valence-corrected chi connectivity index (χ0v) is 9.63. The Morgan fingerprint density at radius 3 is 2.00 bits per heavy atom. The summed E-state index contributed by atoms with van der Waals surface area (Å²) in [6.07, 6.45) is -4.44. The van der Waals surface area contributed by atoms with Gasteiger partial charge in [0, 0.05) is 13.1 Å². The molecule has 1 aromatic carbocycles. The van der Waals surface area contributed by atoms with Crippen molar-refractivity contribution in [1.29, 1.82) is 0 Å². The van der Waals surface area contributed by atoms with E-state index in [0.717, 1.165) is 12.1 Å². The number of nitrogens with two attached hydrogens (primary N) is 2. The third kappa shape index (κ3) is 2.45. The number of rotatable bonds is 1. The molecule has 0 aromatic heterocycles. The highest BCUT2D eigenvalue weighted by Gasteiger charge is 2.32. The van der Waals surface area contributed by atoms with Gasteiger partial charge in [-0.1, -0.05) is 0 Å². The number of alkyl halides is 3. The van der Waals surface area contributed by atoms with Crippen LogP contribution < -0.4 is 16.4 Å². The molecule has 2 rings (SSSR count). The molecule has 0 bridgehead atoms. The Kier molecular flexibility index (Phi) is 3.25. The van der Waals surface area contributed by atoms with Gasteiger partial charge in [0.05, 0.1) is 35.8 Å². The highest BCUT2D eigenvalue weighted by Crippen LogP contribution is 2.38. The van der Waals surface area contributed by atoms with E-state index in [2.05, 4.69) is 0 Å². The molecule has 0 unspecified atom stereocenters. The van der Waals surface area contributed by atoms with Crippen LogP contribution in [0.25, 0.3) is 0 Å². The molecule has 1 heterocycles. The Bertz CT molecular complexity index is 419. The largest absolute Gasteiger partial charge is 0.416 e. The van der Waals surface area contributed by atoms with Gasteiger partial charge in [-0.3, -0.25) is 0 Å². The standard InChI is InChI=1S/C11H14F3N3O/c12-11(13,14)7-5-8(15)10(9(16)6-7)17-1-3-18-4-2-17/h5-6H,1-4,15-16H2. The molecule has 1 saturated heterocycles. The van der Waals surface area contributed by atoms with Crippen molar-refractivity contribution in [2.45, 2.75) is 6.18 Å². The first-order valence-corrected chi connectivity index (χ1v) is 5.48. The molecule has 0 radical (unpaired) electrons. The fourth-order valence-corrected chi connectivity index (χ4v) is 2.00. The quantitative estimate of drug-likeness (QED) is 0.755. The van der Waals surface area contributed by atoms with E-state index < -0.39 is 11.7 Å². The predicted octanol–water partition coefficient (Wildman–Crippen LogP) is 1.71. The van der Waals surface area contributed by atoms with Crippen molar-refractivity contribution in [3.8, 4) is 0 Å². The van der Waals surface area contributed by atoms with Crippen LogP contribution in [0.2, 0.25) is 0 Å². The van der Waals surface area contributed by atoms with Crippen LogP contribution in [-0.4, -0.2) is 26.3 Å². The van der Waals surface area contributed by atoms with Gasteiger partial charge in [-0.15, -0.1) is 0 Å². The predicted molar refractivity (Wildman–Crippen MR) is 63.3 cm³/mol. The van der Waals surface area contributed by atoms with E-state index in [1.165, 1.54) is 0 Å². The second-order valence-corrected chi connectivity index (χ2v) is 4.10. The molecule has 18 heavy (non-hydrogen) atoms. The van der Waals surface area contributed by atoms with Crippen molar-refractivity contribution in [1.82, 2.24) is 0 Å². The number of nitrogen functional groups attached to an aromatic ring is 2. The fraction of sp³-hybridized carbons (Fsp3) is 0.455. The summed E-state index contributed by atoms with van der Waals surface area (Å²) in [6.45, 7) is 2.17. The highest BCUT2D eigenvalue weighted by atomic mass is 19.4. The monoisotopic (exact) mass is 261 g/mol. The smallest absolute Gasteiger partial charge is 0.397 e.